The van der Waals surface area contributed by atoms with Crippen molar-refractivity contribution in [2.75, 3.05) is 11.9 Å². The molecule has 3 rings (SSSR count). The largest absolute Gasteiger partial charge is 0.360 e. The summed E-state index contributed by atoms with van der Waals surface area (Å²) >= 11 is 1.67. The number of aromatic nitrogens is 2. The van der Waals surface area contributed by atoms with Crippen LogP contribution in [0.4, 0.5) is 5.82 Å². The molecule has 2 heterocycles. The minimum atomic E-state index is 0.0570. The summed E-state index contributed by atoms with van der Waals surface area (Å²) in [7, 11) is 0. The second-order valence-corrected chi connectivity index (χ2v) is 7.58. The fourth-order valence-corrected chi connectivity index (χ4v) is 3.76. The first kappa shape index (κ1) is 18.3. The van der Waals surface area contributed by atoms with E-state index in [0.29, 0.717) is 6.54 Å². The molecular weight excluding hydrogens is 344 g/mol. The number of fused-ring (bicyclic) bond motifs is 1. The molecule has 136 valence electrons. The normalized spacial score (nSPS) is 11.1. The molecule has 1 aromatic carbocycles. The van der Waals surface area contributed by atoms with Crippen LogP contribution >= 0.6 is 11.3 Å². The molecule has 0 saturated heterocycles. The van der Waals surface area contributed by atoms with Crippen molar-refractivity contribution >= 4 is 33.3 Å². The molecule has 3 aromatic rings. The van der Waals surface area contributed by atoms with Crippen LogP contribution < -0.4 is 5.32 Å². The number of anilines is 1. The maximum Gasteiger partial charge on any atom is 0.242 e. The van der Waals surface area contributed by atoms with Gasteiger partial charge in [0.1, 0.15) is 17.0 Å². The third-order valence-corrected chi connectivity index (χ3v) is 5.46. The Morgan fingerprint density at radius 1 is 1.23 bits per heavy atom. The van der Waals surface area contributed by atoms with Crippen LogP contribution in [0.25, 0.3) is 10.2 Å². The lowest BCUT2D eigenvalue weighted by Gasteiger charge is -2.27. The number of thiophene rings is 1. The van der Waals surface area contributed by atoms with Gasteiger partial charge in [0.25, 0.3) is 0 Å². The molecular formula is C20H24N4OS. The molecule has 0 unspecified atom stereocenters. The number of carbonyl (C=O) groups is 1. The summed E-state index contributed by atoms with van der Waals surface area (Å²) < 4.78 is 0. The number of hydrogen-bond donors (Lipinski definition) is 1. The summed E-state index contributed by atoms with van der Waals surface area (Å²) in [6.07, 6.45) is 2.52. The molecule has 0 aliphatic carbocycles. The van der Waals surface area contributed by atoms with E-state index in [4.69, 9.17) is 0 Å². The maximum absolute atomic E-state index is 12.8. The predicted molar refractivity (Wildman–Crippen MR) is 107 cm³/mol. The number of aryl methyl sites for hydroxylation is 1. The Kier molecular flexibility index (Phi) is 5.83. The lowest BCUT2D eigenvalue weighted by molar-refractivity contribution is -0.131. The molecule has 2 aromatic heterocycles. The van der Waals surface area contributed by atoms with Gasteiger partial charge in [0.05, 0.1) is 11.9 Å². The molecule has 26 heavy (non-hydrogen) atoms. The Hall–Kier alpha value is -2.47. The van der Waals surface area contributed by atoms with E-state index < -0.39 is 0 Å². The lowest BCUT2D eigenvalue weighted by Crippen LogP contribution is -2.40. The summed E-state index contributed by atoms with van der Waals surface area (Å²) in [6, 6.07) is 12.3. The number of rotatable bonds is 7. The van der Waals surface area contributed by atoms with Gasteiger partial charge in [-0.15, -0.1) is 11.3 Å². The topological polar surface area (TPSA) is 58.1 Å². The molecule has 6 heteroatoms. The number of benzene rings is 1. The highest BCUT2D eigenvalue weighted by Gasteiger charge is 2.18. The van der Waals surface area contributed by atoms with Crippen molar-refractivity contribution in [1.29, 1.82) is 0 Å². The van der Waals surface area contributed by atoms with Crippen molar-refractivity contribution in [2.24, 2.45) is 0 Å². The van der Waals surface area contributed by atoms with Gasteiger partial charge in [-0.05, 0) is 31.9 Å². The highest BCUT2D eigenvalue weighted by atomic mass is 32.1. The lowest BCUT2D eigenvalue weighted by atomic mass is 10.2. The monoisotopic (exact) mass is 368 g/mol. The minimum Gasteiger partial charge on any atom is -0.360 e. The number of hydrogen-bond acceptors (Lipinski definition) is 5. The Morgan fingerprint density at radius 2 is 2.00 bits per heavy atom. The SMILES string of the molecule is CCc1cc2c(NCC(=O)N(Cc3ccccc3)C(C)C)ncnc2s1. The summed E-state index contributed by atoms with van der Waals surface area (Å²) in [5.41, 5.74) is 1.13. The molecule has 0 aliphatic heterocycles. The molecule has 0 aliphatic rings. The average Bonchev–Trinajstić information content (AvgIpc) is 3.08. The van der Waals surface area contributed by atoms with Gasteiger partial charge in [0.15, 0.2) is 0 Å². The van der Waals surface area contributed by atoms with E-state index in [1.54, 1.807) is 17.7 Å². The Labute approximate surface area is 158 Å². The van der Waals surface area contributed by atoms with Gasteiger partial charge in [-0.1, -0.05) is 37.3 Å². The Balaban J connectivity index is 1.71. The van der Waals surface area contributed by atoms with Crippen molar-refractivity contribution in [2.45, 2.75) is 39.8 Å². The van der Waals surface area contributed by atoms with E-state index in [9.17, 15) is 4.79 Å². The van der Waals surface area contributed by atoms with Crippen molar-refractivity contribution in [1.82, 2.24) is 14.9 Å². The zero-order valence-corrected chi connectivity index (χ0v) is 16.2. The Morgan fingerprint density at radius 3 is 2.69 bits per heavy atom. The van der Waals surface area contributed by atoms with Gasteiger partial charge in [-0.3, -0.25) is 4.79 Å². The molecule has 1 N–H and O–H groups in total. The van der Waals surface area contributed by atoms with Crippen molar-refractivity contribution in [3.8, 4) is 0 Å². The molecule has 0 bridgehead atoms. The number of nitrogens with zero attached hydrogens (tertiary/aromatic N) is 3. The van der Waals surface area contributed by atoms with E-state index in [1.807, 2.05) is 49.1 Å². The summed E-state index contributed by atoms with van der Waals surface area (Å²) in [6.45, 7) is 7.02. The van der Waals surface area contributed by atoms with Gasteiger partial charge in [-0.25, -0.2) is 9.97 Å². The van der Waals surface area contributed by atoms with E-state index in [0.717, 1.165) is 28.0 Å². The third-order valence-electron chi connectivity index (χ3n) is 4.28. The Bertz CT molecular complexity index is 876. The first-order valence-electron chi connectivity index (χ1n) is 8.89. The molecule has 5 nitrogen and oxygen atoms in total. The summed E-state index contributed by atoms with van der Waals surface area (Å²) in [5, 5.41) is 4.20. The first-order chi connectivity index (χ1) is 12.6. The third kappa shape index (κ3) is 4.19. The van der Waals surface area contributed by atoms with Gasteiger partial charge in [0.2, 0.25) is 5.91 Å². The van der Waals surface area contributed by atoms with Crippen LogP contribution in [0, 0.1) is 0 Å². The van der Waals surface area contributed by atoms with Gasteiger partial charge in [-0.2, -0.15) is 0 Å². The van der Waals surface area contributed by atoms with E-state index >= 15 is 0 Å². The van der Waals surface area contributed by atoms with Gasteiger partial charge < -0.3 is 10.2 Å². The van der Waals surface area contributed by atoms with Crippen LogP contribution in [0.1, 0.15) is 31.2 Å². The van der Waals surface area contributed by atoms with E-state index in [-0.39, 0.29) is 18.5 Å². The highest BCUT2D eigenvalue weighted by molar-refractivity contribution is 7.18. The van der Waals surface area contributed by atoms with E-state index in [1.165, 1.54) is 4.88 Å². The van der Waals surface area contributed by atoms with Crippen LogP contribution in [0.5, 0.6) is 0 Å². The van der Waals surface area contributed by atoms with E-state index in [2.05, 4.69) is 28.3 Å². The van der Waals surface area contributed by atoms with Gasteiger partial charge >= 0.3 is 0 Å². The average molecular weight is 369 g/mol. The molecule has 0 radical (unpaired) electrons. The van der Waals surface area contributed by atoms with Crippen LogP contribution in [0.2, 0.25) is 0 Å². The quantitative estimate of drug-likeness (QED) is 0.682. The molecule has 0 fully saturated rings. The zero-order chi connectivity index (χ0) is 18.5. The highest BCUT2D eigenvalue weighted by Crippen LogP contribution is 2.28. The van der Waals surface area contributed by atoms with Crippen molar-refractivity contribution < 1.29 is 4.79 Å². The van der Waals surface area contributed by atoms with Crippen molar-refractivity contribution in [3.05, 3.63) is 53.2 Å². The van der Waals surface area contributed by atoms with Crippen LogP contribution in [-0.4, -0.2) is 33.4 Å². The van der Waals surface area contributed by atoms with Gasteiger partial charge in [0, 0.05) is 17.5 Å². The fourth-order valence-electron chi connectivity index (χ4n) is 2.82. The van der Waals surface area contributed by atoms with Crippen molar-refractivity contribution in [3.63, 3.8) is 0 Å². The number of nitrogens with one attached hydrogen (secondary N) is 1. The summed E-state index contributed by atoms with van der Waals surface area (Å²) in [5.74, 6) is 0.782. The fraction of sp³-hybridized carbons (Fsp3) is 0.350. The number of amides is 1. The smallest absolute Gasteiger partial charge is 0.242 e. The zero-order valence-electron chi connectivity index (χ0n) is 15.4. The number of carbonyl (C=O) groups excluding carboxylic acids is 1. The standard InChI is InChI=1S/C20H24N4OS/c1-4-16-10-17-19(22-13-23-20(17)26-16)21-11-18(25)24(14(2)3)12-15-8-6-5-7-9-15/h5-10,13-14H,4,11-12H2,1-3H3,(H,21,22,23). The first-order valence-corrected chi connectivity index (χ1v) is 9.70. The molecule has 1 amide bonds. The van der Waals surface area contributed by atoms with Crippen LogP contribution in [0.15, 0.2) is 42.7 Å². The second-order valence-electron chi connectivity index (χ2n) is 6.46. The molecule has 0 saturated carbocycles. The molecule has 0 atom stereocenters. The predicted octanol–water partition coefficient (Wildman–Crippen LogP) is 4.10. The molecule has 0 spiro atoms. The van der Waals surface area contributed by atoms with Crippen LogP contribution in [-0.2, 0) is 17.8 Å². The van der Waals surface area contributed by atoms with Crippen LogP contribution in [0.3, 0.4) is 0 Å². The second kappa shape index (κ2) is 8.27. The maximum atomic E-state index is 12.8. The minimum absolute atomic E-state index is 0.0570. The summed E-state index contributed by atoms with van der Waals surface area (Å²) in [4.78, 5) is 25.5.